The number of hydrogen-bond donors (Lipinski definition) is 4. The highest BCUT2D eigenvalue weighted by atomic mass is 35.7. The van der Waals surface area contributed by atoms with Gasteiger partial charge in [-0.3, -0.25) is 42.7 Å². The van der Waals surface area contributed by atoms with Crippen molar-refractivity contribution >= 4 is 110 Å². The zero-order valence-corrected chi connectivity index (χ0v) is 87.4. The van der Waals surface area contributed by atoms with E-state index >= 15 is 0 Å². The maximum absolute atomic E-state index is 12.0. The summed E-state index contributed by atoms with van der Waals surface area (Å²) in [6.45, 7) is 47.7. The first-order chi connectivity index (χ1) is 61.1. The molecule has 6 atom stereocenters. The Kier molecular flexibility index (Phi) is 62.1. The molecule has 6 saturated heterocycles. The second-order valence-electron chi connectivity index (χ2n) is 36.7. The van der Waals surface area contributed by atoms with Crippen molar-refractivity contribution in [3.8, 4) is 0 Å². The fraction of sp³-hybridized carbons (Fsp3) is 0.795. The lowest BCUT2D eigenvalue weighted by atomic mass is 10.1. The number of aliphatic hydroxyl groups excluding tert-OH is 1. The summed E-state index contributed by atoms with van der Waals surface area (Å²) in [5.74, 6) is -1.71. The number of esters is 2. The zero-order chi connectivity index (χ0) is 103. The minimum absolute atomic E-state index is 0.0683. The number of aliphatic hydroxyl groups is 1. The number of aromatic amines is 1. The minimum atomic E-state index is -3.38. The van der Waals surface area contributed by atoms with Gasteiger partial charge in [-0.25, -0.2) is 51.8 Å². The molecule has 7 rings (SSSR count). The first kappa shape index (κ1) is 129. The predicted octanol–water partition coefficient (Wildman–Crippen LogP) is 13.9. The number of methoxy groups -OCH3 is 1. The number of carboxylic acid groups (broad SMARTS) is 1. The highest BCUT2D eigenvalue weighted by Gasteiger charge is 2.41. The summed E-state index contributed by atoms with van der Waals surface area (Å²) < 4.78 is 112. The molecule has 0 radical (unpaired) electrons. The largest absolute Gasteiger partial charge is 0.480 e. The summed E-state index contributed by atoms with van der Waals surface area (Å²) >= 11 is 0. The monoisotopic (exact) mass is 1990 g/mol. The molecule has 0 aromatic carbocycles. The van der Waals surface area contributed by atoms with Crippen LogP contribution in [0.15, 0.2) is 35.3 Å². The fourth-order valence-corrected chi connectivity index (χ4v) is 14.3. The Bertz CT molecular complexity index is 3990. The molecule has 6 fully saturated rings. The van der Waals surface area contributed by atoms with Crippen LogP contribution < -0.4 is 11.2 Å². The van der Waals surface area contributed by atoms with Crippen molar-refractivity contribution in [3.63, 3.8) is 0 Å². The Hall–Kier alpha value is -8.16. The molecule has 7 heterocycles. The number of ether oxygens (including phenoxy) is 9. The van der Waals surface area contributed by atoms with Crippen LogP contribution in [-0.4, -0.2) is 328 Å². The van der Waals surface area contributed by atoms with Crippen LogP contribution in [0.3, 0.4) is 0 Å². The molecular weight excluding hydrogens is 1830 g/mol. The van der Waals surface area contributed by atoms with Crippen LogP contribution in [0, 0.1) is 0 Å². The Morgan fingerprint density at radius 2 is 0.880 bits per heavy atom. The number of anilines is 1. The first-order valence-corrected chi connectivity index (χ1v) is 51.0. The standard InChI is InChI=1S/C14H23NO4.C13H25NO5S.C12H22N2O4.C12H23NO3.C10H17NO4.C10H17NO3.C8H17O5P.C5H6N2O.C3H8O.CH3ClO2S/c1-5-18-12(16)9-8-11-7-6-10-15(11)13(17)19-14(2,3)4;1-13(2,3)19-12(15)14-9-5-7-11(14)8-6-10-18-20(4,16)17;1-12(2,3)18-11(16)14-8-6-7-9(14)10(15)13(4)17-5;1-12(2,3)16-11(15)13-8-4-6-10(13)7-5-9-14;1-10(2,3)15-9(14)11-6-4-5-7(11)8(12)13;1-10(2,3)14-9(13)11-6-4-5-8(11)7-12;1-4-11-8(9)7-14(10,12-5-2)13-6-3;6-5-3-4(8)1-2-7-5;1-3-4-2;1-5(2,3)4/h8-9,11H,5-7,10H2,1-4H3;11H,5-10H2,1-4H3;9H,6-8H2,1-5H3;10,14H,4-9H2,1-3H3;7H,4-6H2,1-3H3,(H,12,13);7-8H,4-6H2,1-3H3;4-7H2,1-3H3;1-3H,(H3,6,7,8);3H2,1-2H3;1H3/b9-8+;;;;;;;;;. The van der Waals surface area contributed by atoms with Crippen LogP contribution >= 0.6 is 18.3 Å². The van der Waals surface area contributed by atoms with E-state index in [1.807, 2.05) is 90.0 Å². The SMILES string of the molecule is CC(C)(C)OC(=O)N1CCCC1C(=O)O.CC(C)(C)OC(=O)N1CCCC1C=O.CC(C)(C)OC(=O)N1CCCC1CCCO.CC(C)(C)OC(=O)N1CCCC1CCCOS(C)(=O)=O.CCOC.CCOC(=O)/C=C/C1CCCN1C(=O)OC(C)(C)C.CCOC(=O)CP(=O)(OCC)OCC.CON(C)C(=O)C1CCCN1C(=O)OC(C)(C)C.CS(=O)(=O)Cl.Nc1cc(=O)cc[nH]1. The number of hydrogen-bond acceptors (Lipinski definition) is 32. The van der Waals surface area contributed by atoms with E-state index < -0.39 is 96.6 Å². The Morgan fingerprint density at radius 1 is 0.534 bits per heavy atom. The van der Waals surface area contributed by atoms with Gasteiger partial charge in [-0.05, 0) is 262 Å². The molecule has 45 heteroatoms. The van der Waals surface area contributed by atoms with Crippen LogP contribution in [0.5, 0.6) is 0 Å². The van der Waals surface area contributed by atoms with Crippen molar-refractivity contribution in [1.29, 1.82) is 0 Å². The molecule has 0 bridgehead atoms. The van der Waals surface area contributed by atoms with Gasteiger partial charge in [0.2, 0.25) is 9.05 Å². The highest BCUT2D eigenvalue weighted by Crippen LogP contribution is 2.48. The molecule has 6 aliphatic rings. The highest BCUT2D eigenvalue weighted by molar-refractivity contribution is 8.13. The topological polar surface area (TPSA) is 515 Å². The lowest BCUT2D eigenvalue weighted by molar-refractivity contribution is -0.173. The molecule has 41 nitrogen and oxygen atoms in total. The third kappa shape index (κ3) is 64.5. The maximum atomic E-state index is 12.0. The van der Waals surface area contributed by atoms with Crippen molar-refractivity contribution in [3.05, 3.63) is 40.7 Å². The number of carbonyl (C=O) groups excluding carboxylic acids is 10. The third-order valence-corrected chi connectivity index (χ3v) is 20.3. The molecule has 0 aliphatic carbocycles. The molecule has 1 aromatic heterocycles. The number of halogens is 1. The number of rotatable bonds is 23. The van der Waals surface area contributed by atoms with Gasteiger partial charge in [0.15, 0.2) is 5.43 Å². The second kappa shape index (κ2) is 64.0. The summed E-state index contributed by atoms with van der Waals surface area (Å²) in [7, 11) is -0.713. The summed E-state index contributed by atoms with van der Waals surface area (Å²) in [4.78, 5) is 154. The van der Waals surface area contributed by atoms with Crippen molar-refractivity contribution < 1.29 is 145 Å². The molecule has 6 unspecified atom stereocenters. The van der Waals surface area contributed by atoms with E-state index in [-0.39, 0.29) is 105 Å². The van der Waals surface area contributed by atoms with Crippen molar-refractivity contribution in [2.75, 3.05) is 131 Å². The number of nitrogens with zero attached hydrogens (tertiary/aromatic N) is 7. The Balaban J connectivity index is -0.00000144. The second-order valence-corrected chi connectivity index (χ2v) is 43.4. The minimum Gasteiger partial charge on any atom is -0.480 e. The van der Waals surface area contributed by atoms with E-state index in [9.17, 15) is 78.9 Å². The van der Waals surface area contributed by atoms with Gasteiger partial charge in [0.1, 0.15) is 64.0 Å². The van der Waals surface area contributed by atoms with E-state index in [4.69, 9.17) is 67.2 Å². The average Bonchev–Trinajstić information content (AvgIpc) is 1.72. The number of likely N-dealkylation sites (N-methyl/N-ethyl adjacent to an activating group) is 1. The average molecular weight is 1990 g/mol. The first-order valence-electron chi connectivity index (χ1n) is 44.8. The Labute approximate surface area is 794 Å². The van der Waals surface area contributed by atoms with Crippen LogP contribution in [0.4, 0.5) is 34.6 Å². The normalized spacial score (nSPS) is 18.3. The van der Waals surface area contributed by atoms with E-state index in [2.05, 4.69) is 25.1 Å². The van der Waals surface area contributed by atoms with Gasteiger partial charge in [-0.1, -0.05) is 6.08 Å². The number of H-pyrrole nitrogens is 1. The number of nitrogens with one attached hydrogen (secondary N) is 1. The summed E-state index contributed by atoms with van der Waals surface area (Å²) in [5.41, 5.74) is 2.08. The van der Waals surface area contributed by atoms with Crippen LogP contribution in [-0.2, 0) is 108 Å². The number of carbonyl (C=O) groups is 11. The van der Waals surface area contributed by atoms with Gasteiger partial charge in [0, 0.05) is 114 Å². The quantitative estimate of drug-likeness (QED) is 0.00910. The van der Waals surface area contributed by atoms with Gasteiger partial charge in [-0.15, -0.1) is 0 Å². The number of aldehydes is 1. The number of aromatic nitrogens is 1. The molecule has 0 spiro atoms. The van der Waals surface area contributed by atoms with Crippen molar-refractivity contribution in [2.24, 2.45) is 0 Å². The molecule has 7 amide bonds. The van der Waals surface area contributed by atoms with Gasteiger partial charge in [0.05, 0.1) is 64.7 Å². The van der Waals surface area contributed by atoms with Crippen LogP contribution in [0.1, 0.15) is 262 Å². The van der Waals surface area contributed by atoms with Gasteiger partial charge < -0.3 is 92.1 Å². The molecule has 0 saturated carbocycles. The zero-order valence-electron chi connectivity index (χ0n) is 84.1. The Morgan fingerprint density at radius 3 is 1.22 bits per heavy atom. The van der Waals surface area contributed by atoms with Crippen molar-refractivity contribution in [2.45, 2.75) is 332 Å². The van der Waals surface area contributed by atoms with Crippen LogP contribution in [0.25, 0.3) is 0 Å². The maximum Gasteiger partial charge on any atom is 0.411 e. The van der Waals surface area contributed by atoms with Gasteiger partial charge >= 0.3 is 62.1 Å². The number of aliphatic carboxylic acids is 1. The number of hydroxylamine groups is 2. The molecule has 1 aromatic rings. The van der Waals surface area contributed by atoms with Gasteiger partial charge in [-0.2, -0.15) is 8.42 Å². The lowest BCUT2D eigenvalue weighted by Gasteiger charge is -2.29. The number of nitrogens with two attached hydrogens (primary N) is 1. The van der Waals surface area contributed by atoms with E-state index in [0.29, 0.717) is 64.4 Å². The van der Waals surface area contributed by atoms with Gasteiger partial charge in [0.25, 0.3) is 16.0 Å². The predicted molar refractivity (Wildman–Crippen MR) is 503 cm³/mol. The third-order valence-electron chi connectivity index (χ3n) is 17.7. The fourth-order valence-electron chi connectivity index (χ4n) is 12.4. The molecule has 6 aliphatic heterocycles. The van der Waals surface area contributed by atoms with Crippen molar-refractivity contribution in [1.82, 2.24) is 39.4 Å². The van der Waals surface area contributed by atoms with E-state index in [1.54, 1.807) is 97.1 Å². The number of pyridine rings is 1. The number of nitrogen functional groups attached to an aromatic ring is 1. The summed E-state index contributed by atoms with van der Waals surface area (Å²) in [5, 5.41) is 18.8. The molecular formula is C88H161ClN9O32PS2. The molecule has 133 heavy (non-hydrogen) atoms. The summed E-state index contributed by atoms with van der Waals surface area (Å²) in [6, 6.07) is 1.54. The van der Waals surface area contributed by atoms with E-state index in [1.165, 1.54) is 53.3 Å². The van der Waals surface area contributed by atoms with E-state index in [0.717, 1.165) is 120 Å². The number of likely N-dealkylation sites (tertiary alicyclic amines) is 6. The smallest absolute Gasteiger partial charge is 0.411 e. The summed E-state index contributed by atoms with van der Waals surface area (Å²) in [6.07, 6.45) is 17.9. The lowest BCUT2D eigenvalue weighted by Crippen LogP contribution is -2.47. The molecule has 5 N–H and O–H groups in total. The number of amides is 7. The number of carboxylic acids is 1. The van der Waals surface area contributed by atoms with Crippen LogP contribution in [0.2, 0.25) is 0 Å². The molecule has 774 valence electrons.